The molecular formula is C21H22BrN3O3. The highest BCUT2D eigenvalue weighted by molar-refractivity contribution is 9.10. The second-order valence-corrected chi connectivity index (χ2v) is 7.59. The van der Waals surface area contributed by atoms with Crippen molar-refractivity contribution in [2.24, 2.45) is 5.92 Å². The predicted molar refractivity (Wildman–Crippen MR) is 112 cm³/mol. The summed E-state index contributed by atoms with van der Waals surface area (Å²) in [4.78, 5) is 39.1. The van der Waals surface area contributed by atoms with Crippen molar-refractivity contribution in [3.8, 4) is 0 Å². The van der Waals surface area contributed by atoms with Gasteiger partial charge in [-0.05, 0) is 42.8 Å². The van der Waals surface area contributed by atoms with Gasteiger partial charge in [0, 0.05) is 29.7 Å². The number of carbonyl (C=O) groups is 3. The monoisotopic (exact) mass is 443 g/mol. The maximum atomic E-state index is 12.8. The molecule has 7 heteroatoms. The van der Waals surface area contributed by atoms with Gasteiger partial charge in [-0.1, -0.05) is 35.0 Å². The first-order chi connectivity index (χ1) is 13.5. The Hall–Kier alpha value is -2.67. The van der Waals surface area contributed by atoms with Crippen LogP contribution in [-0.4, -0.2) is 30.8 Å². The van der Waals surface area contributed by atoms with E-state index in [1.54, 1.807) is 29.2 Å². The molecular weight excluding hydrogens is 422 g/mol. The van der Waals surface area contributed by atoms with Crippen molar-refractivity contribution in [2.75, 3.05) is 23.3 Å². The molecule has 2 aromatic rings. The Bertz CT molecular complexity index is 883. The Morgan fingerprint density at radius 3 is 2.57 bits per heavy atom. The average Bonchev–Trinajstić information content (AvgIpc) is 3.09. The van der Waals surface area contributed by atoms with Crippen LogP contribution >= 0.6 is 15.9 Å². The van der Waals surface area contributed by atoms with E-state index in [2.05, 4.69) is 26.6 Å². The summed E-state index contributed by atoms with van der Waals surface area (Å²) < 4.78 is 0.926. The molecule has 1 heterocycles. The number of carbonyl (C=O) groups excluding carboxylic acids is 3. The van der Waals surface area contributed by atoms with Crippen LogP contribution in [0.25, 0.3) is 0 Å². The van der Waals surface area contributed by atoms with Gasteiger partial charge in [0.2, 0.25) is 11.8 Å². The molecule has 1 aliphatic heterocycles. The van der Waals surface area contributed by atoms with Crippen LogP contribution < -0.4 is 15.5 Å². The summed E-state index contributed by atoms with van der Waals surface area (Å²) in [5.41, 5.74) is 1.64. The van der Waals surface area contributed by atoms with Crippen LogP contribution in [0.1, 0.15) is 30.1 Å². The maximum Gasteiger partial charge on any atom is 0.253 e. The third-order valence-corrected chi connectivity index (χ3v) is 5.13. The topological polar surface area (TPSA) is 78.5 Å². The quantitative estimate of drug-likeness (QED) is 0.715. The Morgan fingerprint density at radius 1 is 1.14 bits per heavy atom. The number of rotatable bonds is 6. The molecule has 3 rings (SSSR count). The number of hydrogen-bond donors (Lipinski definition) is 2. The molecule has 146 valence electrons. The Morgan fingerprint density at radius 2 is 1.86 bits per heavy atom. The minimum Gasteiger partial charge on any atom is -0.352 e. The van der Waals surface area contributed by atoms with Crippen molar-refractivity contribution in [1.82, 2.24) is 5.32 Å². The van der Waals surface area contributed by atoms with Gasteiger partial charge >= 0.3 is 0 Å². The second kappa shape index (κ2) is 9.01. The summed E-state index contributed by atoms with van der Waals surface area (Å²) in [5, 5.41) is 5.64. The highest BCUT2D eigenvalue weighted by Crippen LogP contribution is 2.27. The van der Waals surface area contributed by atoms with Crippen LogP contribution in [0.2, 0.25) is 0 Å². The molecule has 1 fully saturated rings. The van der Waals surface area contributed by atoms with Gasteiger partial charge in [-0.25, -0.2) is 0 Å². The third-order valence-electron chi connectivity index (χ3n) is 4.60. The van der Waals surface area contributed by atoms with E-state index in [1.165, 1.54) is 0 Å². The van der Waals surface area contributed by atoms with E-state index < -0.39 is 5.92 Å². The van der Waals surface area contributed by atoms with Gasteiger partial charge < -0.3 is 15.5 Å². The van der Waals surface area contributed by atoms with Gasteiger partial charge in [0.25, 0.3) is 5.91 Å². The SMILES string of the molecule is CCCNC(=O)c1ccccc1NC(=O)[C@@H]1CC(=O)N(c2ccc(Br)cc2)C1. The summed E-state index contributed by atoms with van der Waals surface area (Å²) in [6, 6.07) is 14.3. The van der Waals surface area contributed by atoms with Crippen molar-refractivity contribution in [1.29, 1.82) is 0 Å². The van der Waals surface area contributed by atoms with Crippen LogP contribution in [0.15, 0.2) is 53.0 Å². The number of nitrogens with zero attached hydrogens (tertiary/aromatic N) is 1. The number of hydrogen-bond acceptors (Lipinski definition) is 3. The van der Waals surface area contributed by atoms with E-state index in [1.807, 2.05) is 31.2 Å². The fraction of sp³-hybridized carbons (Fsp3) is 0.286. The summed E-state index contributed by atoms with van der Waals surface area (Å²) in [7, 11) is 0. The van der Waals surface area contributed by atoms with Crippen LogP contribution in [0.4, 0.5) is 11.4 Å². The first-order valence-corrected chi connectivity index (χ1v) is 10.0. The molecule has 28 heavy (non-hydrogen) atoms. The number of halogens is 1. The molecule has 1 saturated heterocycles. The van der Waals surface area contributed by atoms with E-state index in [0.717, 1.165) is 16.6 Å². The van der Waals surface area contributed by atoms with Gasteiger partial charge in [-0.3, -0.25) is 14.4 Å². The molecule has 2 N–H and O–H groups in total. The van der Waals surface area contributed by atoms with Crippen LogP contribution in [0, 0.1) is 5.92 Å². The van der Waals surface area contributed by atoms with E-state index in [4.69, 9.17) is 0 Å². The minimum absolute atomic E-state index is 0.0866. The molecule has 0 aliphatic carbocycles. The van der Waals surface area contributed by atoms with Gasteiger partial charge in [0.05, 0.1) is 17.2 Å². The molecule has 0 unspecified atom stereocenters. The number of amides is 3. The lowest BCUT2D eigenvalue weighted by Gasteiger charge is -2.17. The summed E-state index contributed by atoms with van der Waals surface area (Å²) in [6.07, 6.45) is 0.975. The molecule has 0 spiro atoms. The minimum atomic E-state index is -0.470. The van der Waals surface area contributed by atoms with Crippen molar-refractivity contribution < 1.29 is 14.4 Å². The van der Waals surface area contributed by atoms with Gasteiger partial charge in [-0.15, -0.1) is 0 Å². The zero-order valence-corrected chi connectivity index (χ0v) is 17.2. The number of nitrogens with one attached hydrogen (secondary N) is 2. The Balaban J connectivity index is 1.70. The van der Waals surface area contributed by atoms with Crippen LogP contribution in [0.5, 0.6) is 0 Å². The summed E-state index contributed by atoms with van der Waals surface area (Å²) >= 11 is 3.38. The van der Waals surface area contributed by atoms with E-state index in [0.29, 0.717) is 24.3 Å². The molecule has 1 aliphatic rings. The summed E-state index contributed by atoms with van der Waals surface area (Å²) in [6.45, 7) is 2.86. The Labute approximate surface area is 172 Å². The molecule has 3 amide bonds. The number of benzene rings is 2. The summed E-state index contributed by atoms with van der Waals surface area (Å²) in [5.74, 6) is -1.04. The van der Waals surface area contributed by atoms with E-state index in [9.17, 15) is 14.4 Å². The zero-order chi connectivity index (χ0) is 20.1. The fourth-order valence-corrected chi connectivity index (χ4v) is 3.38. The molecule has 0 radical (unpaired) electrons. The normalized spacial score (nSPS) is 16.1. The first kappa shape index (κ1) is 20.1. The predicted octanol–water partition coefficient (Wildman–Crippen LogP) is 3.58. The highest BCUT2D eigenvalue weighted by atomic mass is 79.9. The molecule has 0 bridgehead atoms. The van der Waals surface area contributed by atoms with Crippen molar-refractivity contribution in [2.45, 2.75) is 19.8 Å². The van der Waals surface area contributed by atoms with Crippen LogP contribution in [0.3, 0.4) is 0 Å². The largest absolute Gasteiger partial charge is 0.352 e. The van der Waals surface area contributed by atoms with Gasteiger partial charge in [-0.2, -0.15) is 0 Å². The molecule has 0 saturated carbocycles. The smallest absolute Gasteiger partial charge is 0.253 e. The lowest BCUT2D eigenvalue weighted by molar-refractivity contribution is -0.122. The molecule has 2 aromatic carbocycles. The molecule has 1 atom stereocenters. The van der Waals surface area contributed by atoms with E-state index >= 15 is 0 Å². The van der Waals surface area contributed by atoms with Gasteiger partial charge in [0.15, 0.2) is 0 Å². The van der Waals surface area contributed by atoms with Crippen molar-refractivity contribution in [3.63, 3.8) is 0 Å². The lowest BCUT2D eigenvalue weighted by atomic mass is 10.1. The third kappa shape index (κ3) is 4.59. The standard InChI is InChI=1S/C21H22BrN3O3/c1-2-11-23-21(28)17-5-3-4-6-18(17)24-20(27)14-12-19(26)25(13-14)16-9-7-15(22)8-10-16/h3-10,14H,2,11-13H2,1H3,(H,23,28)(H,24,27)/t14-/m1/s1. The Kier molecular flexibility index (Phi) is 6.46. The van der Waals surface area contributed by atoms with E-state index in [-0.39, 0.29) is 24.1 Å². The fourth-order valence-electron chi connectivity index (χ4n) is 3.11. The average molecular weight is 444 g/mol. The zero-order valence-electron chi connectivity index (χ0n) is 15.6. The second-order valence-electron chi connectivity index (χ2n) is 6.67. The number of para-hydroxylation sites is 1. The molecule has 6 nitrogen and oxygen atoms in total. The van der Waals surface area contributed by atoms with Crippen molar-refractivity contribution in [3.05, 3.63) is 58.6 Å². The van der Waals surface area contributed by atoms with Gasteiger partial charge in [0.1, 0.15) is 0 Å². The lowest BCUT2D eigenvalue weighted by Crippen LogP contribution is -2.29. The molecule has 0 aromatic heterocycles. The first-order valence-electron chi connectivity index (χ1n) is 9.23. The van der Waals surface area contributed by atoms with Crippen molar-refractivity contribution >= 4 is 45.0 Å². The maximum absolute atomic E-state index is 12.8. The number of anilines is 2. The highest BCUT2D eigenvalue weighted by Gasteiger charge is 2.35. The van der Waals surface area contributed by atoms with Crippen LogP contribution in [-0.2, 0) is 9.59 Å².